The van der Waals surface area contributed by atoms with Gasteiger partial charge in [0.05, 0.1) is 23.4 Å². The number of aromatic nitrogens is 2. The molecule has 0 aliphatic heterocycles. The van der Waals surface area contributed by atoms with Crippen molar-refractivity contribution in [1.82, 2.24) is 15.1 Å². The van der Waals surface area contributed by atoms with E-state index in [1.807, 2.05) is 48.5 Å². The molecule has 0 saturated heterocycles. The van der Waals surface area contributed by atoms with Gasteiger partial charge in [-0.3, -0.25) is 4.79 Å². The lowest BCUT2D eigenvalue weighted by atomic mass is 10.0. The molecule has 7 heteroatoms. The second-order valence-corrected chi connectivity index (χ2v) is 7.19. The minimum absolute atomic E-state index is 0.308. The van der Waals surface area contributed by atoms with Crippen molar-refractivity contribution in [3.05, 3.63) is 90.4 Å². The fourth-order valence-electron chi connectivity index (χ4n) is 3.49. The summed E-state index contributed by atoms with van der Waals surface area (Å²) in [5, 5.41) is 7.87. The second kappa shape index (κ2) is 8.95. The Bertz CT molecular complexity index is 1180. The molecule has 158 valence electrons. The topological polar surface area (TPSA) is 56.1 Å². The number of alkyl halides is 1. The van der Waals surface area contributed by atoms with Gasteiger partial charge in [-0.1, -0.05) is 30.3 Å². The van der Waals surface area contributed by atoms with Gasteiger partial charge >= 0.3 is 0 Å². The predicted molar refractivity (Wildman–Crippen MR) is 114 cm³/mol. The molecule has 31 heavy (non-hydrogen) atoms. The van der Waals surface area contributed by atoms with Crippen molar-refractivity contribution in [2.75, 3.05) is 6.67 Å². The molecule has 0 aliphatic rings. The Morgan fingerprint density at radius 2 is 1.84 bits per heavy atom. The summed E-state index contributed by atoms with van der Waals surface area (Å²) in [7, 11) is 0. The summed E-state index contributed by atoms with van der Waals surface area (Å²) in [6.45, 7) is 0.691. The first-order valence-corrected chi connectivity index (χ1v) is 9.86. The summed E-state index contributed by atoms with van der Waals surface area (Å²) in [4.78, 5) is 11.6. The fourth-order valence-corrected chi connectivity index (χ4v) is 3.49. The Kier molecular flexibility index (Phi) is 5.93. The summed E-state index contributed by atoms with van der Waals surface area (Å²) >= 11 is 0. The third-order valence-electron chi connectivity index (χ3n) is 4.97. The van der Waals surface area contributed by atoms with E-state index in [4.69, 9.17) is 4.74 Å². The normalized spacial score (nSPS) is 13.0. The number of halogens is 2. The van der Waals surface area contributed by atoms with Crippen molar-refractivity contribution in [3.8, 4) is 11.4 Å². The Labute approximate surface area is 178 Å². The molecule has 0 saturated carbocycles. The highest BCUT2D eigenvalue weighted by Gasteiger charge is 2.23. The first-order valence-electron chi connectivity index (χ1n) is 9.86. The summed E-state index contributed by atoms with van der Waals surface area (Å²) in [5.74, 6) is -0.411. The van der Waals surface area contributed by atoms with Crippen molar-refractivity contribution in [2.45, 2.75) is 19.1 Å². The van der Waals surface area contributed by atoms with Crippen LogP contribution in [0.4, 0.5) is 8.78 Å². The smallest absolute Gasteiger partial charge is 0.251 e. The van der Waals surface area contributed by atoms with Crippen LogP contribution in [0.5, 0.6) is 5.75 Å². The van der Waals surface area contributed by atoms with E-state index >= 15 is 0 Å². The number of rotatable bonds is 7. The molecule has 4 rings (SSSR count). The van der Waals surface area contributed by atoms with E-state index in [1.165, 1.54) is 12.1 Å². The van der Waals surface area contributed by atoms with Gasteiger partial charge < -0.3 is 10.1 Å². The van der Waals surface area contributed by atoms with Crippen molar-refractivity contribution >= 4 is 16.8 Å². The minimum Gasteiger partial charge on any atom is -0.484 e. The Morgan fingerprint density at radius 3 is 2.55 bits per heavy atom. The maximum absolute atomic E-state index is 13.2. The van der Waals surface area contributed by atoms with Crippen LogP contribution >= 0.6 is 0 Å². The van der Waals surface area contributed by atoms with E-state index in [0.29, 0.717) is 5.75 Å². The third kappa shape index (κ3) is 4.55. The van der Waals surface area contributed by atoms with Crippen molar-refractivity contribution < 1.29 is 18.3 Å². The number of nitrogens with one attached hydrogen (secondary N) is 1. The standard InChI is InChI=1S/C24H21F2N3O2/c1-16(28-23(30)14-25)24(17-5-3-2-4-6-17)31-21-11-12-22-18(13-21)15-27-29(22)20-9-7-19(26)8-10-20/h2-13,15-16,24H,14H2,1H3,(H,28,30). The maximum atomic E-state index is 13.2. The van der Waals surface area contributed by atoms with E-state index in [-0.39, 0.29) is 5.82 Å². The zero-order chi connectivity index (χ0) is 21.8. The number of ether oxygens (including phenoxy) is 1. The molecule has 1 N–H and O–H groups in total. The largest absolute Gasteiger partial charge is 0.484 e. The first-order chi connectivity index (χ1) is 15.0. The summed E-state index contributed by atoms with van der Waals surface area (Å²) in [6.07, 6.45) is 1.19. The molecule has 2 atom stereocenters. The molecular weight excluding hydrogens is 400 g/mol. The van der Waals surface area contributed by atoms with E-state index < -0.39 is 24.7 Å². The molecule has 0 aliphatic carbocycles. The van der Waals surface area contributed by atoms with E-state index in [0.717, 1.165) is 22.2 Å². The van der Waals surface area contributed by atoms with Crippen LogP contribution in [-0.2, 0) is 4.79 Å². The quantitative estimate of drug-likeness (QED) is 0.468. The summed E-state index contributed by atoms with van der Waals surface area (Å²) in [5.41, 5.74) is 2.44. The van der Waals surface area contributed by atoms with Crippen LogP contribution in [0.1, 0.15) is 18.6 Å². The van der Waals surface area contributed by atoms with Gasteiger partial charge in [0.1, 0.15) is 17.7 Å². The van der Waals surface area contributed by atoms with Crippen LogP contribution in [0.3, 0.4) is 0 Å². The fraction of sp³-hybridized carbons (Fsp3) is 0.167. The molecule has 0 bridgehead atoms. The SMILES string of the molecule is CC(NC(=O)CF)C(Oc1ccc2c(cnn2-c2ccc(F)cc2)c1)c1ccccc1. The van der Waals surface area contributed by atoms with Crippen LogP contribution in [0, 0.1) is 5.82 Å². The van der Waals surface area contributed by atoms with Gasteiger partial charge in [0.2, 0.25) is 0 Å². The number of nitrogens with zero attached hydrogens (tertiary/aromatic N) is 2. The zero-order valence-corrected chi connectivity index (χ0v) is 16.8. The molecule has 4 aromatic rings. The molecule has 0 fully saturated rings. The Balaban J connectivity index is 1.63. The molecular formula is C24H21F2N3O2. The van der Waals surface area contributed by atoms with Crippen molar-refractivity contribution in [1.29, 1.82) is 0 Å². The predicted octanol–water partition coefficient (Wildman–Crippen LogP) is 4.76. The molecule has 3 aromatic carbocycles. The van der Waals surface area contributed by atoms with Crippen LogP contribution in [0.2, 0.25) is 0 Å². The van der Waals surface area contributed by atoms with Crippen LogP contribution in [0.25, 0.3) is 16.6 Å². The molecule has 5 nitrogen and oxygen atoms in total. The number of hydrogen-bond donors (Lipinski definition) is 1. The van der Waals surface area contributed by atoms with Crippen molar-refractivity contribution in [2.24, 2.45) is 0 Å². The van der Waals surface area contributed by atoms with Gasteiger partial charge in [0, 0.05) is 5.39 Å². The average Bonchev–Trinajstić information content (AvgIpc) is 3.21. The lowest BCUT2D eigenvalue weighted by Crippen LogP contribution is -2.39. The van der Waals surface area contributed by atoms with Gasteiger partial charge in [-0.25, -0.2) is 13.5 Å². The summed E-state index contributed by atoms with van der Waals surface area (Å²) < 4.78 is 33.9. The number of fused-ring (bicyclic) bond motifs is 1. The van der Waals surface area contributed by atoms with E-state index in [2.05, 4.69) is 10.4 Å². The van der Waals surface area contributed by atoms with E-state index in [9.17, 15) is 13.6 Å². The van der Waals surface area contributed by atoms with Crippen LogP contribution < -0.4 is 10.1 Å². The molecule has 0 spiro atoms. The average molecular weight is 421 g/mol. The molecule has 1 heterocycles. The maximum Gasteiger partial charge on any atom is 0.251 e. The van der Waals surface area contributed by atoms with Gasteiger partial charge in [-0.2, -0.15) is 5.10 Å². The highest BCUT2D eigenvalue weighted by Crippen LogP contribution is 2.29. The summed E-state index contributed by atoms with van der Waals surface area (Å²) in [6, 6.07) is 20.6. The number of benzene rings is 3. The first kappa shape index (κ1) is 20.5. The highest BCUT2D eigenvalue weighted by molar-refractivity contribution is 5.81. The minimum atomic E-state index is -1.08. The monoisotopic (exact) mass is 421 g/mol. The van der Waals surface area contributed by atoms with Crippen LogP contribution in [-0.4, -0.2) is 28.4 Å². The van der Waals surface area contributed by atoms with Crippen LogP contribution in [0.15, 0.2) is 79.0 Å². The Morgan fingerprint density at radius 1 is 1.10 bits per heavy atom. The number of amides is 1. The molecule has 1 amide bonds. The van der Waals surface area contributed by atoms with Gasteiger partial charge in [0.15, 0.2) is 6.67 Å². The van der Waals surface area contributed by atoms with E-state index in [1.54, 1.807) is 29.9 Å². The van der Waals surface area contributed by atoms with Gasteiger partial charge in [0.25, 0.3) is 5.91 Å². The number of hydrogen-bond acceptors (Lipinski definition) is 3. The zero-order valence-electron chi connectivity index (χ0n) is 16.8. The van der Waals surface area contributed by atoms with Gasteiger partial charge in [-0.15, -0.1) is 0 Å². The van der Waals surface area contributed by atoms with Crippen molar-refractivity contribution in [3.63, 3.8) is 0 Å². The third-order valence-corrected chi connectivity index (χ3v) is 4.97. The molecule has 1 aromatic heterocycles. The molecule has 0 radical (unpaired) electrons. The lowest BCUT2D eigenvalue weighted by molar-refractivity contribution is -0.123. The molecule has 2 unspecified atom stereocenters. The second-order valence-electron chi connectivity index (χ2n) is 7.19. The number of carbonyl (C=O) groups excluding carboxylic acids is 1. The van der Waals surface area contributed by atoms with Gasteiger partial charge in [-0.05, 0) is 55.0 Å². The highest BCUT2D eigenvalue weighted by atomic mass is 19.1. The Hall–Kier alpha value is -3.74. The lowest BCUT2D eigenvalue weighted by Gasteiger charge is -2.26. The number of carbonyl (C=O) groups is 1.